The highest BCUT2D eigenvalue weighted by Gasteiger charge is 2.32. The van der Waals surface area contributed by atoms with E-state index in [9.17, 15) is 9.59 Å². The van der Waals surface area contributed by atoms with Crippen LogP contribution in [0.15, 0.2) is 6.07 Å². The molecule has 2 N–H and O–H groups in total. The molecule has 0 radical (unpaired) electrons. The minimum absolute atomic E-state index is 0.0886. The number of carbonyl (C=O) groups excluding carboxylic acids is 1. The molecule has 0 bridgehead atoms. The van der Waals surface area contributed by atoms with Crippen LogP contribution in [-0.2, 0) is 15.1 Å². The Bertz CT molecular complexity index is 574. The number of aliphatic carboxylic acids is 1. The SMILES string of the molecule is Cc1cc(NC(=O)CN2CCC[C@H]2C(=O)O)n(C(C)(C)C)n1. The van der Waals surface area contributed by atoms with Gasteiger partial charge in [0.25, 0.3) is 0 Å². The van der Waals surface area contributed by atoms with Crippen LogP contribution in [0.2, 0.25) is 0 Å². The molecule has 1 aliphatic rings. The first-order valence-electron chi connectivity index (χ1n) is 7.52. The van der Waals surface area contributed by atoms with Crippen LogP contribution in [0.5, 0.6) is 0 Å². The zero-order valence-electron chi connectivity index (χ0n) is 13.6. The van der Waals surface area contributed by atoms with Gasteiger partial charge in [-0.05, 0) is 47.1 Å². The quantitative estimate of drug-likeness (QED) is 0.878. The lowest BCUT2D eigenvalue weighted by atomic mass is 10.1. The molecule has 1 atom stereocenters. The summed E-state index contributed by atoms with van der Waals surface area (Å²) < 4.78 is 1.78. The van der Waals surface area contributed by atoms with Gasteiger partial charge in [-0.3, -0.25) is 14.5 Å². The van der Waals surface area contributed by atoms with Gasteiger partial charge in [0.1, 0.15) is 11.9 Å². The van der Waals surface area contributed by atoms with E-state index in [2.05, 4.69) is 10.4 Å². The maximum Gasteiger partial charge on any atom is 0.320 e. The fourth-order valence-corrected chi connectivity index (χ4v) is 2.76. The third kappa shape index (κ3) is 3.65. The molecule has 1 aromatic heterocycles. The van der Waals surface area contributed by atoms with E-state index in [0.717, 1.165) is 12.1 Å². The second kappa shape index (κ2) is 6.08. The number of likely N-dealkylation sites (tertiary alicyclic amines) is 1. The van der Waals surface area contributed by atoms with Crippen LogP contribution in [0.3, 0.4) is 0 Å². The summed E-state index contributed by atoms with van der Waals surface area (Å²) in [4.78, 5) is 25.1. The third-order valence-corrected chi connectivity index (χ3v) is 3.73. The van der Waals surface area contributed by atoms with Gasteiger partial charge in [-0.15, -0.1) is 0 Å². The molecule has 0 aromatic carbocycles. The molecule has 0 saturated carbocycles. The van der Waals surface area contributed by atoms with Gasteiger partial charge in [-0.1, -0.05) is 0 Å². The van der Waals surface area contributed by atoms with E-state index in [1.54, 1.807) is 9.58 Å². The molecule has 1 amide bonds. The molecule has 1 aromatic rings. The second-order valence-corrected chi connectivity index (χ2v) is 6.77. The fraction of sp³-hybridized carbons (Fsp3) is 0.667. The second-order valence-electron chi connectivity index (χ2n) is 6.77. The minimum atomic E-state index is -0.860. The van der Waals surface area contributed by atoms with Gasteiger partial charge >= 0.3 is 5.97 Å². The van der Waals surface area contributed by atoms with Crippen LogP contribution in [0, 0.1) is 6.92 Å². The standard InChI is InChI=1S/C15H24N4O3/c1-10-8-12(19(17-10)15(2,3)4)16-13(20)9-18-7-5-6-11(18)14(21)22/h8,11H,5-7,9H2,1-4H3,(H,16,20)(H,21,22)/t11-/m0/s1. The van der Waals surface area contributed by atoms with Crippen LogP contribution in [0.4, 0.5) is 5.82 Å². The van der Waals surface area contributed by atoms with E-state index >= 15 is 0 Å². The van der Waals surface area contributed by atoms with Gasteiger partial charge in [-0.2, -0.15) is 5.10 Å². The van der Waals surface area contributed by atoms with E-state index in [4.69, 9.17) is 5.11 Å². The first kappa shape index (κ1) is 16.5. The smallest absolute Gasteiger partial charge is 0.320 e. The van der Waals surface area contributed by atoms with Gasteiger partial charge in [-0.25, -0.2) is 4.68 Å². The van der Waals surface area contributed by atoms with E-state index in [0.29, 0.717) is 18.8 Å². The largest absolute Gasteiger partial charge is 0.480 e. The number of anilines is 1. The van der Waals surface area contributed by atoms with E-state index in [1.807, 2.05) is 33.8 Å². The van der Waals surface area contributed by atoms with Crippen molar-refractivity contribution in [3.05, 3.63) is 11.8 Å². The average Bonchev–Trinajstić information content (AvgIpc) is 2.95. The Morgan fingerprint density at radius 1 is 1.45 bits per heavy atom. The fourth-order valence-electron chi connectivity index (χ4n) is 2.76. The molecule has 22 heavy (non-hydrogen) atoms. The minimum Gasteiger partial charge on any atom is -0.480 e. The van der Waals surface area contributed by atoms with Crippen molar-refractivity contribution in [1.82, 2.24) is 14.7 Å². The summed E-state index contributed by atoms with van der Waals surface area (Å²) in [5.41, 5.74) is 0.587. The Morgan fingerprint density at radius 2 is 2.14 bits per heavy atom. The first-order chi connectivity index (χ1) is 10.2. The summed E-state index contributed by atoms with van der Waals surface area (Å²) in [7, 11) is 0. The highest BCUT2D eigenvalue weighted by atomic mass is 16.4. The monoisotopic (exact) mass is 308 g/mol. The van der Waals surface area contributed by atoms with Crippen LogP contribution in [0.1, 0.15) is 39.3 Å². The molecule has 7 heteroatoms. The van der Waals surface area contributed by atoms with Gasteiger partial charge in [0, 0.05) is 6.07 Å². The summed E-state index contributed by atoms with van der Waals surface area (Å²) in [6.45, 7) is 8.63. The number of carboxylic acid groups (broad SMARTS) is 1. The Kier molecular flexibility index (Phi) is 4.55. The summed E-state index contributed by atoms with van der Waals surface area (Å²) in [5, 5.41) is 16.4. The molecule has 0 spiro atoms. The number of hydrogen-bond donors (Lipinski definition) is 2. The number of aryl methyl sites for hydroxylation is 1. The zero-order valence-corrected chi connectivity index (χ0v) is 13.6. The average molecular weight is 308 g/mol. The summed E-state index contributed by atoms with van der Waals surface area (Å²) in [6.07, 6.45) is 1.41. The molecular weight excluding hydrogens is 284 g/mol. The van der Waals surface area contributed by atoms with Crippen molar-refractivity contribution >= 4 is 17.7 Å². The zero-order chi connectivity index (χ0) is 16.5. The molecule has 1 saturated heterocycles. The van der Waals surface area contributed by atoms with Crippen molar-refractivity contribution in [1.29, 1.82) is 0 Å². The molecule has 2 heterocycles. The maximum atomic E-state index is 12.2. The highest BCUT2D eigenvalue weighted by Crippen LogP contribution is 2.22. The lowest BCUT2D eigenvalue weighted by Crippen LogP contribution is -2.41. The summed E-state index contributed by atoms with van der Waals surface area (Å²) >= 11 is 0. The molecule has 0 unspecified atom stereocenters. The van der Waals surface area contributed by atoms with Gasteiger partial charge in [0.15, 0.2) is 0 Å². The van der Waals surface area contributed by atoms with E-state index < -0.39 is 12.0 Å². The Morgan fingerprint density at radius 3 is 2.73 bits per heavy atom. The van der Waals surface area contributed by atoms with Crippen molar-refractivity contribution in [2.24, 2.45) is 0 Å². The Balaban J connectivity index is 2.05. The number of aromatic nitrogens is 2. The lowest BCUT2D eigenvalue weighted by molar-refractivity contribution is -0.142. The van der Waals surface area contributed by atoms with Crippen molar-refractivity contribution in [2.75, 3.05) is 18.4 Å². The molecule has 7 nitrogen and oxygen atoms in total. The summed E-state index contributed by atoms with van der Waals surface area (Å²) in [6, 6.07) is 1.27. The third-order valence-electron chi connectivity index (χ3n) is 3.73. The number of amides is 1. The van der Waals surface area contributed by atoms with Gasteiger partial charge < -0.3 is 10.4 Å². The van der Waals surface area contributed by atoms with Crippen LogP contribution < -0.4 is 5.32 Å². The molecule has 1 fully saturated rings. The van der Waals surface area contributed by atoms with Crippen molar-refractivity contribution < 1.29 is 14.7 Å². The number of nitrogens with zero attached hydrogens (tertiary/aromatic N) is 3. The van der Waals surface area contributed by atoms with Crippen molar-refractivity contribution in [3.63, 3.8) is 0 Å². The highest BCUT2D eigenvalue weighted by molar-refractivity contribution is 5.92. The molecule has 2 rings (SSSR count). The van der Waals surface area contributed by atoms with Gasteiger partial charge in [0.05, 0.1) is 17.8 Å². The number of nitrogens with one attached hydrogen (secondary N) is 1. The first-order valence-corrected chi connectivity index (χ1v) is 7.52. The van der Waals surface area contributed by atoms with Crippen molar-refractivity contribution in [3.8, 4) is 0 Å². The number of carboxylic acids is 1. The van der Waals surface area contributed by atoms with Gasteiger partial charge in [0.2, 0.25) is 5.91 Å². The van der Waals surface area contributed by atoms with Crippen LogP contribution in [0.25, 0.3) is 0 Å². The number of rotatable bonds is 4. The Labute approximate surface area is 130 Å². The maximum absolute atomic E-state index is 12.2. The predicted octanol–water partition coefficient (Wildman–Crippen LogP) is 1.43. The van der Waals surface area contributed by atoms with E-state index in [-0.39, 0.29) is 18.0 Å². The molecule has 1 aliphatic heterocycles. The molecular formula is C15H24N4O3. The number of carbonyl (C=O) groups is 2. The number of hydrogen-bond acceptors (Lipinski definition) is 4. The molecule has 122 valence electrons. The van der Waals surface area contributed by atoms with Crippen molar-refractivity contribution in [2.45, 2.75) is 52.1 Å². The normalized spacial score (nSPS) is 19.4. The summed E-state index contributed by atoms with van der Waals surface area (Å²) in [5.74, 6) is -0.430. The topological polar surface area (TPSA) is 87.5 Å². The van der Waals surface area contributed by atoms with E-state index in [1.165, 1.54) is 0 Å². The predicted molar refractivity (Wildman–Crippen MR) is 82.8 cm³/mol. The van der Waals surface area contributed by atoms with Crippen LogP contribution >= 0.6 is 0 Å². The lowest BCUT2D eigenvalue weighted by Gasteiger charge is -2.24. The van der Waals surface area contributed by atoms with Crippen LogP contribution in [-0.4, -0.2) is 50.8 Å². The molecule has 0 aliphatic carbocycles. The Hall–Kier alpha value is -1.89.